The molecular formula is C23H16N2O2S. The van der Waals surface area contributed by atoms with Crippen LogP contribution in [0, 0.1) is 0 Å². The first-order chi connectivity index (χ1) is 13.6. The normalized spacial score (nSPS) is 10.6. The molecule has 0 unspecified atom stereocenters. The zero-order valence-electron chi connectivity index (χ0n) is 14.8. The molecule has 0 spiro atoms. The number of primary amides is 1. The standard InChI is InChI=1S/C23H16N2O2S/c24-22(27)17-13-7-8-14-18(17)23-25-19(15-9-3-1-4-10-15)21(28-23)20(26)16-11-5-2-6-12-16/h1-14H,(H2,24,27). The molecule has 4 rings (SSSR count). The van der Waals surface area contributed by atoms with E-state index in [2.05, 4.69) is 0 Å². The largest absolute Gasteiger partial charge is 0.366 e. The first-order valence-corrected chi connectivity index (χ1v) is 9.52. The van der Waals surface area contributed by atoms with Crippen molar-refractivity contribution in [3.8, 4) is 21.8 Å². The Hall–Kier alpha value is -3.57. The molecule has 0 aliphatic heterocycles. The van der Waals surface area contributed by atoms with Crippen LogP contribution in [0.15, 0.2) is 84.9 Å². The minimum Gasteiger partial charge on any atom is -0.366 e. The molecule has 0 bridgehead atoms. The summed E-state index contributed by atoms with van der Waals surface area (Å²) < 4.78 is 0. The monoisotopic (exact) mass is 384 g/mol. The molecule has 136 valence electrons. The maximum absolute atomic E-state index is 13.2. The van der Waals surface area contributed by atoms with E-state index in [1.807, 2.05) is 54.6 Å². The molecule has 1 heterocycles. The van der Waals surface area contributed by atoms with Crippen molar-refractivity contribution in [2.24, 2.45) is 5.73 Å². The maximum Gasteiger partial charge on any atom is 0.249 e. The molecule has 4 nitrogen and oxygen atoms in total. The van der Waals surface area contributed by atoms with Crippen molar-refractivity contribution < 1.29 is 9.59 Å². The van der Waals surface area contributed by atoms with Gasteiger partial charge in [0.2, 0.25) is 11.7 Å². The number of thiazole rings is 1. The number of nitrogens with zero attached hydrogens (tertiary/aromatic N) is 1. The average molecular weight is 384 g/mol. The summed E-state index contributed by atoms with van der Waals surface area (Å²) in [7, 11) is 0. The van der Waals surface area contributed by atoms with Crippen molar-refractivity contribution in [1.82, 2.24) is 4.98 Å². The molecule has 4 aromatic rings. The molecule has 0 radical (unpaired) electrons. The van der Waals surface area contributed by atoms with E-state index >= 15 is 0 Å². The lowest BCUT2D eigenvalue weighted by atomic mass is 10.0. The highest BCUT2D eigenvalue weighted by Gasteiger charge is 2.23. The van der Waals surface area contributed by atoms with E-state index in [-0.39, 0.29) is 5.78 Å². The van der Waals surface area contributed by atoms with Gasteiger partial charge in [0.25, 0.3) is 0 Å². The summed E-state index contributed by atoms with van der Waals surface area (Å²) in [6.45, 7) is 0. The summed E-state index contributed by atoms with van der Waals surface area (Å²) in [6.07, 6.45) is 0. The van der Waals surface area contributed by atoms with Crippen molar-refractivity contribution in [3.05, 3.63) is 101 Å². The van der Waals surface area contributed by atoms with Gasteiger partial charge in [0.1, 0.15) is 9.88 Å². The Kier molecular flexibility index (Phi) is 4.83. The molecule has 28 heavy (non-hydrogen) atoms. The number of ketones is 1. The average Bonchev–Trinajstić information content (AvgIpc) is 3.20. The molecule has 0 fully saturated rings. The maximum atomic E-state index is 13.2. The summed E-state index contributed by atoms with van der Waals surface area (Å²) in [4.78, 5) is 30.3. The number of aromatic nitrogens is 1. The summed E-state index contributed by atoms with van der Waals surface area (Å²) in [5.74, 6) is -0.622. The lowest BCUT2D eigenvalue weighted by Crippen LogP contribution is -2.12. The van der Waals surface area contributed by atoms with Crippen molar-refractivity contribution in [1.29, 1.82) is 0 Å². The Morgan fingerprint density at radius 3 is 2.07 bits per heavy atom. The van der Waals surface area contributed by atoms with Crippen molar-refractivity contribution in [3.63, 3.8) is 0 Å². The highest BCUT2D eigenvalue weighted by Crippen LogP contribution is 2.36. The molecular weight excluding hydrogens is 368 g/mol. The number of rotatable bonds is 5. The van der Waals surface area contributed by atoms with Crippen LogP contribution in [0.5, 0.6) is 0 Å². The zero-order valence-corrected chi connectivity index (χ0v) is 15.6. The molecule has 1 amide bonds. The van der Waals surface area contributed by atoms with Gasteiger partial charge in [-0.3, -0.25) is 9.59 Å². The number of carbonyl (C=O) groups is 2. The number of amides is 1. The lowest BCUT2D eigenvalue weighted by Gasteiger charge is -2.02. The van der Waals surface area contributed by atoms with Crippen LogP contribution < -0.4 is 5.73 Å². The van der Waals surface area contributed by atoms with Gasteiger partial charge in [0, 0.05) is 22.3 Å². The summed E-state index contributed by atoms with van der Waals surface area (Å²) in [5.41, 5.74) is 8.59. The smallest absolute Gasteiger partial charge is 0.249 e. The predicted octanol–water partition coefficient (Wildman–Crippen LogP) is 4.81. The summed E-state index contributed by atoms with van der Waals surface area (Å²) in [6, 6.07) is 25.7. The van der Waals surface area contributed by atoms with E-state index in [9.17, 15) is 9.59 Å². The fraction of sp³-hybridized carbons (Fsp3) is 0. The number of nitrogens with two attached hydrogens (primary N) is 1. The van der Waals surface area contributed by atoms with Gasteiger partial charge in [0.05, 0.1) is 5.69 Å². The van der Waals surface area contributed by atoms with E-state index in [4.69, 9.17) is 10.7 Å². The van der Waals surface area contributed by atoms with Gasteiger partial charge in [0.15, 0.2) is 0 Å². The van der Waals surface area contributed by atoms with Crippen LogP contribution in [0.2, 0.25) is 0 Å². The van der Waals surface area contributed by atoms with Crippen molar-refractivity contribution >= 4 is 23.0 Å². The minimum atomic E-state index is -0.525. The van der Waals surface area contributed by atoms with E-state index < -0.39 is 5.91 Å². The second-order valence-corrected chi connectivity index (χ2v) is 7.17. The number of carbonyl (C=O) groups excluding carboxylic acids is 2. The van der Waals surface area contributed by atoms with E-state index in [1.165, 1.54) is 11.3 Å². The lowest BCUT2D eigenvalue weighted by molar-refractivity contribution is 0.0999. The van der Waals surface area contributed by atoms with Gasteiger partial charge in [-0.1, -0.05) is 78.9 Å². The van der Waals surface area contributed by atoms with Crippen LogP contribution in [0.1, 0.15) is 25.6 Å². The number of hydrogen-bond donors (Lipinski definition) is 1. The van der Waals surface area contributed by atoms with Gasteiger partial charge in [-0.25, -0.2) is 4.98 Å². The molecule has 1 aromatic heterocycles. The predicted molar refractivity (Wildman–Crippen MR) is 111 cm³/mol. The highest BCUT2D eigenvalue weighted by molar-refractivity contribution is 7.17. The van der Waals surface area contributed by atoms with E-state index in [1.54, 1.807) is 30.3 Å². The third kappa shape index (κ3) is 3.35. The van der Waals surface area contributed by atoms with Crippen molar-refractivity contribution in [2.45, 2.75) is 0 Å². The SMILES string of the molecule is NC(=O)c1ccccc1-c1nc(-c2ccccc2)c(C(=O)c2ccccc2)s1. The van der Waals surface area contributed by atoms with Gasteiger partial charge in [-0.15, -0.1) is 11.3 Å². The Bertz CT molecular complexity index is 1150. The first kappa shape index (κ1) is 17.8. The molecule has 0 saturated carbocycles. The Morgan fingerprint density at radius 1 is 0.786 bits per heavy atom. The molecule has 5 heteroatoms. The zero-order chi connectivity index (χ0) is 19.5. The van der Waals surface area contributed by atoms with Crippen LogP contribution in [-0.4, -0.2) is 16.7 Å². The van der Waals surface area contributed by atoms with E-state index in [0.717, 1.165) is 5.56 Å². The van der Waals surface area contributed by atoms with Crippen LogP contribution in [0.3, 0.4) is 0 Å². The van der Waals surface area contributed by atoms with Gasteiger partial charge in [-0.05, 0) is 6.07 Å². The van der Waals surface area contributed by atoms with Crippen LogP contribution in [-0.2, 0) is 0 Å². The Labute approximate surface area is 166 Å². The van der Waals surface area contributed by atoms with Crippen LogP contribution in [0.4, 0.5) is 0 Å². The minimum absolute atomic E-state index is 0.0974. The summed E-state index contributed by atoms with van der Waals surface area (Å²) >= 11 is 1.27. The molecule has 0 saturated heterocycles. The van der Waals surface area contributed by atoms with Gasteiger partial charge < -0.3 is 5.73 Å². The first-order valence-electron chi connectivity index (χ1n) is 8.70. The van der Waals surface area contributed by atoms with Crippen LogP contribution in [0.25, 0.3) is 21.8 Å². The van der Waals surface area contributed by atoms with Crippen LogP contribution >= 0.6 is 11.3 Å². The second-order valence-electron chi connectivity index (χ2n) is 6.17. The number of hydrogen-bond acceptors (Lipinski definition) is 4. The molecule has 0 aliphatic carbocycles. The third-order valence-electron chi connectivity index (χ3n) is 4.34. The second kappa shape index (κ2) is 7.58. The highest BCUT2D eigenvalue weighted by atomic mass is 32.1. The Morgan fingerprint density at radius 2 is 1.39 bits per heavy atom. The van der Waals surface area contributed by atoms with Gasteiger partial charge in [-0.2, -0.15) is 0 Å². The van der Waals surface area contributed by atoms with Crippen molar-refractivity contribution in [2.75, 3.05) is 0 Å². The fourth-order valence-corrected chi connectivity index (χ4v) is 4.07. The summed E-state index contributed by atoms with van der Waals surface area (Å²) in [5, 5.41) is 0.590. The number of benzene rings is 3. The fourth-order valence-electron chi connectivity index (χ4n) is 2.99. The molecule has 0 atom stereocenters. The molecule has 2 N–H and O–H groups in total. The van der Waals surface area contributed by atoms with Gasteiger partial charge >= 0.3 is 0 Å². The molecule has 3 aromatic carbocycles. The Balaban J connectivity index is 1.91. The molecule has 0 aliphatic rings. The topological polar surface area (TPSA) is 73.1 Å². The quantitative estimate of drug-likeness (QED) is 0.502. The third-order valence-corrected chi connectivity index (χ3v) is 5.43. The van der Waals surface area contributed by atoms with E-state index in [0.29, 0.717) is 32.3 Å².